The van der Waals surface area contributed by atoms with Crippen molar-refractivity contribution in [1.82, 2.24) is 5.32 Å². The Bertz CT molecular complexity index is 320. The van der Waals surface area contributed by atoms with E-state index in [9.17, 15) is 0 Å². The molecule has 1 aliphatic rings. The average molecular weight is 217 g/mol. The highest BCUT2D eigenvalue weighted by Crippen LogP contribution is 2.40. The Morgan fingerprint density at radius 3 is 2.25 bits per heavy atom. The fraction of sp³-hybridized carbons (Fsp3) is 0.600. The summed E-state index contributed by atoms with van der Waals surface area (Å²) in [6.07, 6.45) is 6.60. The zero-order valence-electron chi connectivity index (χ0n) is 10.6. The lowest BCUT2D eigenvalue weighted by molar-refractivity contribution is 0.421. The van der Waals surface area contributed by atoms with Gasteiger partial charge in [0.15, 0.2) is 0 Å². The first kappa shape index (κ1) is 11.7. The minimum absolute atomic E-state index is 0.418. The summed E-state index contributed by atoms with van der Waals surface area (Å²) in [7, 11) is 2.07. The van der Waals surface area contributed by atoms with Crippen molar-refractivity contribution >= 4 is 0 Å². The van der Waals surface area contributed by atoms with Gasteiger partial charge in [-0.05, 0) is 37.4 Å². The van der Waals surface area contributed by atoms with Crippen molar-refractivity contribution in [2.24, 2.45) is 0 Å². The SMILES string of the molecule is CCc1ccc(C2(CNC)CCCC2)cc1. The number of benzene rings is 1. The third-order valence-electron chi connectivity index (χ3n) is 4.05. The Morgan fingerprint density at radius 1 is 1.12 bits per heavy atom. The predicted molar refractivity (Wildman–Crippen MR) is 69.9 cm³/mol. The monoisotopic (exact) mass is 217 g/mol. The number of hydrogen-bond donors (Lipinski definition) is 1. The first-order valence-electron chi connectivity index (χ1n) is 6.55. The maximum absolute atomic E-state index is 3.38. The molecule has 1 aliphatic carbocycles. The third-order valence-corrected chi connectivity index (χ3v) is 4.05. The molecule has 0 saturated heterocycles. The van der Waals surface area contributed by atoms with Crippen molar-refractivity contribution in [3.05, 3.63) is 35.4 Å². The van der Waals surface area contributed by atoms with Crippen LogP contribution in [0.4, 0.5) is 0 Å². The van der Waals surface area contributed by atoms with Crippen LogP contribution in [-0.2, 0) is 11.8 Å². The highest BCUT2D eigenvalue weighted by molar-refractivity contribution is 5.30. The lowest BCUT2D eigenvalue weighted by Gasteiger charge is -2.29. The summed E-state index contributed by atoms with van der Waals surface area (Å²) in [5, 5.41) is 3.38. The van der Waals surface area contributed by atoms with Gasteiger partial charge in [0.1, 0.15) is 0 Å². The van der Waals surface area contributed by atoms with Crippen LogP contribution in [-0.4, -0.2) is 13.6 Å². The van der Waals surface area contributed by atoms with Crippen LogP contribution in [0.15, 0.2) is 24.3 Å². The van der Waals surface area contributed by atoms with Gasteiger partial charge in [-0.1, -0.05) is 44.0 Å². The van der Waals surface area contributed by atoms with Crippen LogP contribution < -0.4 is 5.32 Å². The van der Waals surface area contributed by atoms with Crippen molar-refractivity contribution in [3.63, 3.8) is 0 Å². The minimum atomic E-state index is 0.418. The van der Waals surface area contributed by atoms with Crippen LogP contribution in [0.1, 0.15) is 43.7 Å². The van der Waals surface area contributed by atoms with E-state index in [0.29, 0.717) is 5.41 Å². The molecule has 2 rings (SSSR count). The molecule has 0 spiro atoms. The van der Waals surface area contributed by atoms with Gasteiger partial charge in [0.05, 0.1) is 0 Å². The van der Waals surface area contributed by atoms with E-state index in [1.54, 1.807) is 0 Å². The molecular weight excluding hydrogens is 194 g/mol. The average Bonchev–Trinajstić information content (AvgIpc) is 2.80. The van der Waals surface area contributed by atoms with Gasteiger partial charge in [0, 0.05) is 12.0 Å². The van der Waals surface area contributed by atoms with Crippen molar-refractivity contribution in [2.45, 2.75) is 44.4 Å². The Kier molecular flexibility index (Phi) is 3.65. The maximum Gasteiger partial charge on any atom is 0.00776 e. The van der Waals surface area contributed by atoms with Crippen LogP contribution >= 0.6 is 0 Å². The number of nitrogens with one attached hydrogen (secondary N) is 1. The molecule has 0 radical (unpaired) electrons. The van der Waals surface area contributed by atoms with E-state index < -0.39 is 0 Å². The highest BCUT2D eigenvalue weighted by Gasteiger charge is 2.34. The predicted octanol–water partition coefficient (Wildman–Crippen LogP) is 3.28. The Balaban J connectivity index is 2.24. The molecular formula is C15H23N. The quantitative estimate of drug-likeness (QED) is 0.816. The van der Waals surface area contributed by atoms with Crippen LogP contribution in [0.5, 0.6) is 0 Å². The molecule has 88 valence electrons. The van der Waals surface area contributed by atoms with Crippen molar-refractivity contribution in [2.75, 3.05) is 13.6 Å². The molecule has 16 heavy (non-hydrogen) atoms. The van der Waals surface area contributed by atoms with Gasteiger partial charge in [0.25, 0.3) is 0 Å². The zero-order chi connectivity index (χ0) is 11.4. The van der Waals surface area contributed by atoms with Gasteiger partial charge in [-0.3, -0.25) is 0 Å². The van der Waals surface area contributed by atoms with Gasteiger partial charge in [-0.15, -0.1) is 0 Å². The van der Waals surface area contributed by atoms with Gasteiger partial charge in [0.2, 0.25) is 0 Å². The summed E-state index contributed by atoms with van der Waals surface area (Å²) < 4.78 is 0. The second kappa shape index (κ2) is 5.01. The van der Waals surface area contributed by atoms with E-state index in [1.807, 2.05) is 0 Å². The highest BCUT2D eigenvalue weighted by atomic mass is 14.8. The number of likely N-dealkylation sites (N-methyl/N-ethyl adjacent to an activating group) is 1. The fourth-order valence-electron chi connectivity index (χ4n) is 3.05. The summed E-state index contributed by atoms with van der Waals surface area (Å²) in [6.45, 7) is 3.34. The van der Waals surface area contributed by atoms with E-state index in [4.69, 9.17) is 0 Å². The van der Waals surface area contributed by atoms with Gasteiger partial charge >= 0.3 is 0 Å². The lowest BCUT2D eigenvalue weighted by atomic mass is 9.78. The molecule has 0 atom stereocenters. The molecule has 0 unspecified atom stereocenters. The smallest absolute Gasteiger partial charge is 0.00776 e. The summed E-state index contributed by atoms with van der Waals surface area (Å²) in [5.74, 6) is 0. The standard InChI is InChI=1S/C15H23N/c1-3-13-6-8-14(9-7-13)15(12-16-2)10-4-5-11-15/h6-9,16H,3-5,10-12H2,1-2H3. The molecule has 1 fully saturated rings. The second-order valence-electron chi connectivity index (χ2n) is 5.07. The topological polar surface area (TPSA) is 12.0 Å². The third kappa shape index (κ3) is 2.15. The number of hydrogen-bond acceptors (Lipinski definition) is 1. The van der Waals surface area contributed by atoms with Crippen molar-refractivity contribution in [3.8, 4) is 0 Å². The first-order chi connectivity index (χ1) is 7.80. The minimum Gasteiger partial charge on any atom is -0.319 e. The van der Waals surface area contributed by atoms with Gasteiger partial charge in [-0.2, -0.15) is 0 Å². The molecule has 0 aromatic heterocycles. The Labute approximate surface area is 99.3 Å². The first-order valence-corrected chi connectivity index (χ1v) is 6.55. The molecule has 0 heterocycles. The van der Waals surface area contributed by atoms with Crippen LogP contribution in [0.25, 0.3) is 0 Å². The van der Waals surface area contributed by atoms with E-state index in [1.165, 1.54) is 36.8 Å². The zero-order valence-corrected chi connectivity index (χ0v) is 10.6. The summed E-state index contributed by atoms with van der Waals surface area (Å²) in [4.78, 5) is 0. The van der Waals surface area contributed by atoms with Crippen molar-refractivity contribution in [1.29, 1.82) is 0 Å². The maximum atomic E-state index is 3.38. The van der Waals surface area contributed by atoms with Crippen molar-refractivity contribution < 1.29 is 0 Å². The molecule has 1 nitrogen and oxygen atoms in total. The van der Waals surface area contributed by atoms with E-state index in [-0.39, 0.29) is 0 Å². The number of rotatable bonds is 4. The molecule has 1 N–H and O–H groups in total. The van der Waals surface area contributed by atoms with Crippen LogP contribution in [0.3, 0.4) is 0 Å². The molecule has 0 bridgehead atoms. The molecule has 0 aliphatic heterocycles. The van der Waals surface area contributed by atoms with E-state index in [0.717, 1.165) is 13.0 Å². The second-order valence-corrected chi connectivity index (χ2v) is 5.07. The van der Waals surface area contributed by atoms with Gasteiger partial charge < -0.3 is 5.32 Å². The van der Waals surface area contributed by atoms with E-state index in [2.05, 4.69) is 43.6 Å². The fourth-order valence-corrected chi connectivity index (χ4v) is 3.05. The summed E-state index contributed by atoms with van der Waals surface area (Å²) in [5.41, 5.74) is 3.40. The molecule has 1 heteroatoms. The Hall–Kier alpha value is -0.820. The van der Waals surface area contributed by atoms with Crippen LogP contribution in [0, 0.1) is 0 Å². The molecule has 1 aromatic rings. The van der Waals surface area contributed by atoms with Crippen LogP contribution in [0.2, 0.25) is 0 Å². The normalized spacial score (nSPS) is 18.9. The Morgan fingerprint density at radius 2 is 1.75 bits per heavy atom. The molecule has 1 aromatic carbocycles. The summed E-state index contributed by atoms with van der Waals surface area (Å²) in [6, 6.07) is 9.29. The summed E-state index contributed by atoms with van der Waals surface area (Å²) >= 11 is 0. The largest absolute Gasteiger partial charge is 0.319 e. The number of aryl methyl sites for hydroxylation is 1. The van der Waals surface area contributed by atoms with E-state index >= 15 is 0 Å². The van der Waals surface area contributed by atoms with Gasteiger partial charge in [-0.25, -0.2) is 0 Å². The molecule has 0 amide bonds. The lowest BCUT2D eigenvalue weighted by Crippen LogP contribution is -2.34. The molecule has 1 saturated carbocycles.